The second kappa shape index (κ2) is 6.87. The summed E-state index contributed by atoms with van der Waals surface area (Å²) in [4.78, 5) is 7.13. The Morgan fingerprint density at radius 3 is 2.34 bits per heavy atom. The number of piperazine rings is 1. The number of aromatic nitrogens is 2. The van der Waals surface area contributed by atoms with Gasteiger partial charge in [-0.1, -0.05) is 0 Å². The molecule has 0 bridgehead atoms. The average Bonchev–Trinajstić information content (AvgIpc) is 3.52. The van der Waals surface area contributed by atoms with E-state index in [-0.39, 0.29) is 4.90 Å². The number of imidazole rings is 1. The molecule has 5 rings (SSSR count). The molecule has 2 aliphatic rings. The highest BCUT2D eigenvalue weighted by atomic mass is 32.2. The molecule has 148 valence electrons. The third-order valence-electron chi connectivity index (χ3n) is 5.67. The van der Waals surface area contributed by atoms with Crippen molar-refractivity contribution in [3.8, 4) is 6.07 Å². The van der Waals surface area contributed by atoms with Gasteiger partial charge in [0.25, 0.3) is 0 Å². The first kappa shape index (κ1) is 18.2. The van der Waals surface area contributed by atoms with Crippen LogP contribution in [-0.2, 0) is 10.0 Å². The van der Waals surface area contributed by atoms with E-state index in [0.29, 0.717) is 37.7 Å². The number of nitriles is 1. The molecule has 1 aromatic carbocycles. The number of benzene rings is 1. The maximum absolute atomic E-state index is 12.9. The molecule has 0 atom stereocenters. The predicted octanol–water partition coefficient (Wildman–Crippen LogP) is 2.59. The van der Waals surface area contributed by atoms with Crippen LogP contribution >= 0.6 is 0 Å². The summed E-state index contributed by atoms with van der Waals surface area (Å²) in [7, 11) is -3.54. The first-order chi connectivity index (χ1) is 14.0. The molecule has 0 radical (unpaired) electrons. The van der Waals surface area contributed by atoms with E-state index < -0.39 is 10.0 Å². The highest BCUT2D eigenvalue weighted by Crippen LogP contribution is 2.39. The fourth-order valence-electron chi connectivity index (χ4n) is 3.80. The molecule has 2 fully saturated rings. The largest absolute Gasteiger partial charge is 0.368 e. The zero-order chi connectivity index (χ0) is 20.0. The number of fused-ring (bicyclic) bond motifs is 1. The van der Waals surface area contributed by atoms with Crippen molar-refractivity contribution in [1.82, 2.24) is 13.7 Å². The molecule has 0 unspecified atom stereocenters. The van der Waals surface area contributed by atoms with E-state index in [1.165, 1.54) is 35.0 Å². The Balaban J connectivity index is 1.30. The highest BCUT2D eigenvalue weighted by Gasteiger charge is 2.29. The third-order valence-corrected chi connectivity index (χ3v) is 7.59. The fourth-order valence-corrected chi connectivity index (χ4v) is 5.22. The second-order valence-corrected chi connectivity index (χ2v) is 9.56. The van der Waals surface area contributed by atoms with Crippen molar-refractivity contribution in [1.29, 1.82) is 5.26 Å². The van der Waals surface area contributed by atoms with Crippen molar-refractivity contribution >= 4 is 21.4 Å². The molecular weight excluding hydrogens is 386 g/mol. The Bertz CT molecular complexity index is 1200. The van der Waals surface area contributed by atoms with Crippen LogP contribution in [0.1, 0.15) is 30.0 Å². The lowest BCUT2D eigenvalue weighted by Crippen LogP contribution is -2.48. The van der Waals surface area contributed by atoms with Gasteiger partial charge < -0.3 is 9.30 Å². The molecule has 1 aliphatic carbocycles. The van der Waals surface area contributed by atoms with E-state index in [0.717, 1.165) is 11.3 Å². The Kier molecular flexibility index (Phi) is 4.30. The molecule has 8 heteroatoms. The predicted molar refractivity (Wildman–Crippen MR) is 109 cm³/mol. The van der Waals surface area contributed by atoms with E-state index in [9.17, 15) is 8.42 Å². The summed E-state index contributed by atoms with van der Waals surface area (Å²) in [6.07, 6.45) is 6.65. The van der Waals surface area contributed by atoms with Crippen molar-refractivity contribution < 1.29 is 8.42 Å². The van der Waals surface area contributed by atoms with Crippen molar-refractivity contribution in [3.05, 3.63) is 60.0 Å². The maximum Gasteiger partial charge on any atom is 0.243 e. The van der Waals surface area contributed by atoms with Crippen LogP contribution in [0.2, 0.25) is 0 Å². The van der Waals surface area contributed by atoms with Crippen LogP contribution in [0.15, 0.2) is 53.7 Å². The number of hydrogen-bond acceptors (Lipinski definition) is 5. The lowest BCUT2D eigenvalue weighted by atomic mass is 10.2. The fraction of sp³-hybridized carbons (Fsp3) is 0.333. The van der Waals surface area contributed by atoms with E-state index in [1.54, 1.807) is 12.1 Å². The van der Waals surface area contributed by atoms with Gasteiger partial charge in [0.05, 0.1) is 27.9 Å². The van der Waals surface area contributed by atoms with E-state index in [1.807, 2.05) is 12.1 Å². The van der Waals surface area contributed by atoms with E-state index >= 15 is 0 Å². The van der Waals surface area contributed by atoms with Gasteiger partial charge in [-0.3, -0.25) is 0 Å². The Hall–Kier alpha value is -2.89. The summed E-state index contributed by atoms with van der Waals surface area (Å²) in [6, 6.07) is 12.2. The summed E-state index contributed by atoms with van der Waals surface area (Å²) in [6.45, 7) is 2.12. The maximum atomic E-state index is 12.9. The van der Waals surface area contributed by atoms with Crippen LogP contribution in [0.5, 0.6) is 0 Å². The van der Waals surface area contributed by atoms with Gasteiger partial charge in [0, 0.05) is 44.5 Å². The first-order valence-electron chi connectivity index (χ1n) is 9.78. The lowest BCUT2D eigenvalue weighted by molar-refractivity contribution is 0.385. The number of rotatable bonds is 4. The molecule has 29 heavy (non-hydrogen) atoms. The zero-order valence-electron chi connectivity index (χ0n) is 15.9. The van der Waals surface area contributed by atoms with Gasteiger partial charge in [0.15, 0.2) is 0 Å². The molecule has 3 aromatic rings. The summed E-state index contributed by atoms with van der Waals surface area (Å²) in [5.74, 6) is 0.620. The van der Waals surface area contributed by atoms with Crippen LogP contribution in [0.3, 0.4) is 0 Å². The standard InChI is InChI=1S/C21H21N5O2S/c22-13-16-1-6-19(7-2-16)29(27,28)26-11-9-24(10-12-26)18-5-8-21-23-20(17-3-4-17)15-25(21)14-18/h1-2,5-8,14-15,17H,3-4,9-12H2. The van der Waals surface area contributed by atoms with Crippen LogP contribution in [0.25, 0.3) is 5.65 Å². The Labute approximate surface area is 169 Å². The van der Waals surface area contributed by atoms with Gasteiger partial charge >= 0.3 is 0 Å². The van der Waals surface area contributed by atoms with Gasteiger partial charge in [-0.25, -0.2) is 13.4 Å². The molecule has 1 aliphatic heterocycles. The molecule has 2 aromatic heterocycles. The number of hydrogen-bond donors (Lipinski definition) is 0. The van der Waals surface area contributed by atoms with E-state index in [4.69, 9.17) is 5.26 Å². The molecule has 0 N–H and O–H groups in total. The van der Waals surface area contributed by atoms with Crippen LogP contribution in [-0.4, -0.2) is 48.3 Å². The van der Waals surface area contributed by atoms with Crippen LogP contribution in [0.4, 0.5) is 5.69 Å². The third kappa shape index (κ3) is 3.37. The van der Waals surface area contributed by atoms with Gasteiger partial charge in [-0.05, 0) is 49.2 Å². The summed E-state index contributed by atoms with van der Waals surface area (Å²) >= 11 is 0. The first-order valence-corrected chi connectivity index (χ1v) is 11.2. The zero-order valence-corrected chi connectivity index (χ0v) is 16.7. The molecular formula is C21H21N5O2S. The molecule has 1 saturated carbocycles. The molecule has 3 heterocycles. The highest BCUT2D eigenvalue weighted by molar-refractivity contribution is 7.89. The SMILES string of the molecule is N#Cc1ccc(S(=O)(=O)N2CCN(c3ccc4nc(C5CC5)cn4c3)CC2)cc1. The summed E-state index contributed by atoms with van der Waals surface area (Å²) in [5, 5.41) is 8.89. The van der Waals surface area contributed by atoms with Crippen molar-refractivity contribution in [2.75, 3.05) is 31.1 Å². The number of anilines is 1. The normalized spacial score (nSPS) is 18.1. The monoisotopic (exact) mass is 407 g/mol. The second-order valence-electron chi connectivity index (χ2n) is 7.62. The van der Waals surface area contributed by atoms with Gasteiger partial charge in [0.1, 0.15) is 5.65 Å². The average molecular weight is 407 g/mol. The van der Waals surface area contributed by atoms with Gasteiger partial charge in [-0.2, -0.15) is 9.57 Å². The minimum Gasteiger partial charge on any atom is -0.368 e. The number of pyridine rings is 1. The minimum atomic E-state index is -3.54. The topological polar surface area (TPSA) is 81.7 Å². The quantitative estimate of drug-likeness (QED) is 0.664. The number of nitrogens with zero attached hydrogens (tertiary/aromatic N) is 5. The van der Waals surface area contributed by atoms with E-state index in [2.05, 4.69) is 32.7 Å². The van der Waals surface area contributed by atoms with Crippen molar-refractivity contribution in [3.63, 3.8) is 0 Å². The molecule has 0 spiro atoms. The Morgan fingerprint density at radius 1 is 0.966 bits per heavy atom. The Morgan fingerprint density at radius 2 is 1.69 bits per heavy atom. The molecule has 1 saturated heterocycles. The summed E-state index contributed by atoms with van der Waals surface area (Å²) < 4.78 is 29.4. The van der Waals surface area contributed by atoms with Crippen LogP contribution in [0, 0.1) is 11.3 Å². The smallest absolute Gasteiger partial charge is 0.243 e. The van der Waals surface area contributed by atoms with Gasteiger partial charge in [0.2, 0.25) is 10.0 Å². The molecule has 7 nitrogen and oxygen atoms in total. The van der Waals surface area contributed by atoms with Crippen LogP contribution < -0.4 is 4.90 Å². The van der Waals surface area contributed by atoms with Gasteiger partial charge in [-0.15, -0.1) is 0 Å². The van der Waals surface area contributed by atoms with Crippen molar-refractivity contribution in [2.24, 2.45) is 0 Å². The molecule has 0 amide bonds. The van der Waals surface area contributed by atoms with Crippen molar-refractivity contribution in [2.45, 2.75) is 23.7 Å². The lowest BCUT2D eigenvalue weighted by Gasteiger charge is -2.35. The summed E-state index contributed by atoms with van der Waals surface area (Å²) in [5.41, 5.74) is 3.65. The minimum absolute atomic E-state index is 0.234. The number of sulfonamides is 1.